The van der Waals surface area contributed by atoms with Crippen LogP contribution in [0.5, 0.6) is 11.5 Å². The zero-order valence-electron chi connectivity index (χ0n) is 17.2. The molecule has 0 saturated carbocycles. The second-order valence-corrected chi connectivity index (χ2v) is 8.63. The van der Waals surface area contributed by atoms with Crippen LogP contribution in [0.4, 0.5) is 0 Å². The van der Waals surface area contributed by atoms with Crippen LogP contribution in [0, 0.1) is 13.8 Å². The van der Waals surface area contributed by atoms with Crippen LogP contribution in [0.1, 0.15) is 23.1 Å². The molecule has 0 unspecified atom stereocenters. The number of nitrogens with zero attached hydrogens (tertiary/aromatic N) is 1. The quantitative estimate of drug-likeness (QED) is 0.222. The fraction of sp³-hybridized carbons (Fsp3) is 0.250. The van der Waals surface area contributed by atoms with Gasteiger partial charge < -0.3 is 9.47 Å². The second-order valence-electron chi connectivity index (χ2n) is 6.95. The average Bonchev–Trinajstić information content (AvgIpc) is 2.98. The number of thioether (sulfide) groups is 1. The van der Waals surface area contributed by atoms with Crippen LogP contribution in [0.2, 0.25) is 0 Å². The molecule has 3 rings (SSSR count). The van der Waals surface area contributed by atoms with Crippen LogP contribution in [0.3, 0.4) is 0 Å². The molecule has 2 aromatic rings. The summed E-state index contributed by atoms with van der Waals surface area (Å²) in [6, 6.07) is 13.8. The molecular formula is C24H25NO3S2. The van der Waals surface area contributed by atoms with Gasteiger partial charge >= 0.3 is 0 Å². The molecule has 2 aromatic carbocycles. The summed E-state index contributed by atoms with van der Waals surface area (Å²) >= 11 is 6.59. The Morgan fingerprint density at radius 3 is 2.50 bits per heavy atom. The van der Waals surface area contributed by atoms with Gasteiger partial charge in [0.05, 0.1) is 18.1 Å². The summed E-state index contributed by atoms with van der Waals surface area (Å²) in [4.78, 5) is 14.6. The Morgan fingerprint density at radius 1 is 1.07 bits per heavy atom. The third kappa shape index (κ3) is 5.74. The van der Waals surface area contributed by atoms with Crippen LogP contribution < -0.4 is 9.47 Å². The standard InChI is InChI=1S/C24H25NO3S2/c1-4-11-25-23(26)22(30-24(25)29)16-19-7-5-8-20(15-19)27-12-6-13-28-21-10-9-17(2)18(3)14-21/h4-5,7-10,14-16H,1,6,11-13H2,2-3H3/b22-16-. The van der Waals surface area contributed by atoms with Crippen molar-refractivity contribution in [2.24, 2.45) is 0 Å². The number of hydrogen-bond acceptors (Lipinski definition) is 5. The first kappa shape index (κ1) is 22.1. The lowest BCUT2D eigenvalue weighted by Crippen LogP contribution is -2.27. The molecule has 156 valence electrons. The molecule has 0 bridgehead atoms. The summed E-state index contributed by atoms with van der Waals surface area (Å²) in [5.74, 6) is 1.56. The van der Waals surface area contributed by atoms with Gasteiger partial charge in [-0.2, -0.15) is 0 Å². The van der Waals surface area contributed by atoms with E-state index >= 15 is 0 Å². The fourth-order valence-corrected chi connectivity index (χ4v) is 4.15. The van der Waals surface area contributed by atoms with Crippen molar-refractivity contribution in [1.29, 1.82) is 0 Å². The van der Waals surface area contributed by atoms with Crippen LogP contribution in [-0.2, 0) is 4.79 Å². The Hall–Kier alpha value is -2.57. The minimum atomic E-state index is -0.0836. The number of rotatable bonds is 9. The first-order valence-corrected chi connectivity index (χ1v) is 11.0. The SMILES string of the molecule is C=CCN1C(=O)/C(=C/c2cccc(OCCCOc3ccc(C)c(C)c3)c2)SC1=S. The maximum atomic E-state index is 12.5. The van der Waals surface area contributed by atoms with Gasteiger partial charge in [-0.3, -0.25) is 9.69 Å². The Kier molecular flexibility index (Phi) is 7.71. The molecule has 1 saturated heterocycles. The number of hydrogen-bond donors (Lipinski definition) is 0. The molecule has 0 atom stereocenters. The zero-order valence-corrected chi connectivity index (χ0v) is 18.9. The van der Waals surface area contributed by atoms with Gasteiger partial charge in [0.1, 0.15) is 15.8 Å². The molecule has 0 spiro atoms. The van der Waals surface area contributed by atoms with E-state index in [0.29, 0.717) is 29.0 Å². The highest BCUT2D eigenvalue weighted by molar-refractivity contribution is 8.26. The molecule has 1 fully saturated rings. The zero-order chi connectivity index (χ0) is 21.5. The van der Waals surface area contributed by atoms with E-state index in [4.69, 9.17) is 21.7 Å². The van der Waals surface area contributed by atoms with Crippen LogP contribution in [0.15, 0.2) is 60.0 Å². The Balaban J connectivity index is 1.51. The van der Waals surface area contributed by atoms with Crippen molar-refractivity contribution < 1.29 is 14.3 Å². The Morgan fingerprint density at radius 2 is 1.80 bits per heavy atom. The average molecular weight is 440 g/mol. The van der Waals surface area contributed by atoms with E-state index in [1.54, 1.807) is 11.0 Å². The highest BCUT2D eigenvalue weighted by Crippen LogP contribution is 2.32. The number of benzene rings is 2. The van der Waals surface area contributed by atoms with Crippen LogP contribution in [0.25, 0.3) is 6.08 Å². The number of amides is 1. The van der Waals surface area contributed by atoms with Crippen molar-refractivity contribution in [2.75, 3.05) is 19.8 Å². The van der Waals surface area contributed by atoms with Gasteiger partial charge in [0.15, 0.2) is 0 Å². The lowest BCUT2D eigenvalue weighted by Gasteiger charge is -2.10. The van der Waals surface area contributed by atoms with Gasteiger partial charge in [-0.15, -0.1) is 6.58 Å². The van der Waals surface area contributed by atoms with E-state index in [1.807, 2.05) is 36.4 Å². The summed E-state index contributed by atoms with van der Waals surface area (Å²) in [6.07, 6.45) is 4.29. The van der Waals surface area contributed by atoms with E-state index in [9.17, 15) is 4.79 Å². The maximum Gasteiger partial charge on any atom is 0.266 e. The topological polar surface area (TPSA) is 38.8 Å². The molecule has 1 aliphatic heterocycles. The largest absolute Gasteiger partial charge is 0.493 e. The minimum Gasteiger partial charge on any atom is -0.493 e. The monoisotopic (exact) mass is 439 g/mol. The van der Waals surface area contributed by atoms with Crippen molar-refractivity contribution in [1.82, 2.24) is 4.90 Å². The highest BCUT2D eigenvalue weighted by Gasteiger charge is 2.30. The van der Waals surface area contributed by atoms with Crippen molar-refractivity contribution in [2.45, 2.75) is 20.3 Å². The molecule has 0 radical (unpaired) electrons. The highest BCUT2D eigenvalue weighted by atomic mass is 32.2. The lowest BCUT2D eigenvalue weighted by molar-refractivity contribution is -0.121. The Bertz CT molecular complexity index is 984. The Labute approximate surface area is 187 Å². The molecule has 4 nitrogen and oxygen atoms in total. The van der Waals surface area contributed by atoms with Crippen molar-refractivity contribution in [3.63, 3.8) is 0 Å². The molecule has 0 N–H and O–H groups in total. The maximum absolute atomic E-state index is 12.5. The number of carbonyl (C=O) groups excluding carboxylic acids is 1. The van der Waals surface area contributed by atoms with E-state index < -0.39 is 0 Å². The fourth-order valence-electron chi connectivity index (χ4n) is 2.87. The first-order valence-electron chi connectivity index (χ1n) is 9.77. The van der Waals surface area contributed by atoms with E-state index in [0.717, 1.165) is 23.5 Å². The smallest absolute Gasteiger partial charge is 0.266 e. The summed E-state index contributed by atoms with van der Waals surface area (Å²) in [5.41, 5.74) is 3.38. The second kappa shape index (κ2) is 10.5. The molecule has 1 amide bonds. The molecule has 0 aromatic heterocycles. The molecule has 6 heteroatoms. The first-order chi connectivity index (χ1) is 14.5. The number of ether oxygens (including phenoxy) is 2. The summed E-state index contributed by atoms with van der Waals surface area (Å²) in [5, 5.41) is 0. The van der Waals surface area contributed by atoms with Crippen LogP contribution >= 0.6 is 24.0 Å². The van der Waals surface area contributed by atoms with E-state index in [-0.39, 0.29) is 5.91 Å². The molecule has 1 aliphatic rings. The van der Waals surface area contributed by atoms with E-state index in [1.165, 1.54) is 22.9 Å². The van der Waals surface area contributed by atoms with E-state index in [2.05, 4.69) is 32.6 Å². The molecule has 1 heterocycles. The number of aryl methyl sites for hydroxylation is 2. The van der Waals surface area contributed by atoms with Gasteiger partial charge in [0, 0.05) is 13.0 Å². The summed E-state index contributed by atoms with van der Waals surface area (Å²) in [7, 11) is 0. The third-order valence-corrected chi connectivity index (χ3v) is 6.02. The molecule has 0 aliphatic carbocycles. The summed E-state index contributed by atoms with van der Waals surface area (Å²) < 4.78 is 12.2. The normalized spacial score (nSPS) is 15.0. The molecule has 30 heavy (non-hydrogen) atoms. The third-order valence-electron chi connectivity index (χ3n) is 4.65. The van der Waals surface area contributed by atoms with Gasteiger partial charge in [-0.25, -0.2) is 0 Å². The van der Waals surface area contributed by atoms with Gasteiger partial charge in [-0.05, 0) is 60.9 Å². The van der Waals surface area contributed by atoms with Gasteiger partial charge in [0.2, 0.25) is 0 Å². The minimum absolute atomic E-state index is 0.0836. The van der Waals surface area contributed by atoms with Crippen molar-refractivity contribution in [3.8, 4) is 11.5 Å². The van der Waals surface area contributed by atoms with Crippen molar-refractivity contribution in [3.05, 3.63) is 76.7 Å². The van der Waals surface area contributed by atoms with Crippen LogP contribution in [-0.4, -0.2) is 34.9 Å². The van der Waals surface area contributed by atoms with Crippen molar-refractivity contribution >= 4 is 40.3 Å². The number of thiocarbonyl (C=S) groups is 1. The lowest BCUT2D eigenvalue weighted by atomic mass is 10.1. The summed E-state index contributed by atoms with van der Waals surface area (Å²) in [6.45, 7) is 9.41. The molecular weight excluding hydrogens is 414 g/mol. The van der Waals surface area contributed by atoms with Gasteiger partial charge in [0.25, 0.3) is 5.91 Å². The predicted molar refractivity (Wildman–Crippen MR) is 128 cm³/mol. The van der Waals surface area contributed by atoms with Gasteiger partial charge in [-0.1, -0.05) is 48.3 Å². The predicted octanol–water partition coefficient (Wildman–Crippen LogP) is 5.54. The number of carbonyl (C=O) groups is 1.